The molecule has 0 aliphatic carbocycles. The van der Waals surface area contributed by atoms with E-state index < -0.39 is 10.9 Å². The van der Waals surface area contributed by atoms with Gasteiger partial charge < -0.3 is 4.84 Å². The number of aryl methyl sites for hydroxylation is 1. The Hall–Kier alpha value is -2.77. The lowest BCUT2D eigenvalue weighted by molar-refractivity contribution is -0.385. The van der Waals surface area contributed by atoms with Gasteiger partial charge in [-0.15, -0.1) is 5.10 Å². The monoisotopic (exact) mass is 248 g/mol. The summed E-state index contributed by atoms with van der Waals surface area (Å²) in [7, 11) is 0. The quantitative estimate of drug-likeness (QED) is 0.587. The molecule has 2 heterocycles. The largest absolute Gasteiger partial charge is 0.383 e. The molecule has 0 fully saturated rings. The Kier molecular flexibility index (Phi) is 3.00. The summed E-state index contributed by atoms with van der Waals surface area (Å²) in [6.45, 7) is 1.45. The molecule has 0 radical (unpaired) electrons. The molecule has 92 valence electrons. The van der Waals surface area contributed by atoms with Crippen LogP contribution in [0.5, 0.6) is 0 Å². The third kappa shape index (κ3) is 2.32. The van der Waals surface area contributed by atoms with Crippen LogP contribution in [-0.4, -0.2) is 25.8 Å². The van der Waals surface area contributed by atoms with Gasteiger partial charge in [-0.3, -0.25) is 10.1 Å². The van der Waals surface area contributed by atoms with Crippen LogP contribution in [0.4, 0.5) is 5.69 Å². The summed E-state index contributed by atoms with van der Waals surface area (Å²) < 4.78 is 0. The Labute approximate surface area is 101 Å². The molecule has 0 aliphatic rings. The van der Waals surface area contributed by atoms with E-state index in [9.17, 15) is 14.9 Å². The summed E-state index contributed by atoms with van der Waals surface area (Å²) >= 11 is 0. The van der Waals surface area contributed by atoms with Gasteiger partial charge in [-0.25, -0.2) is 9.78 Å². The van der Waals surface area contributed by atoms with Gasteiger partial charge >= 0.3 is 11.7 Å². The Balaban J connectivity index is 2.18. The number of pyridine rings is 1. The molecule has 0 aliphatic heterocycles. The van der Waals surface area contributed by atoms with Crippen molar-refractivity contribution in [3.05, 3.63) is 52.1 Å². The average Bonchev–Trinajstić information content (AvgIpc) is 2.71. The Morgan fingerprint density at radius 3 is 2.83 bits per heavy atom. The fraction of sp³-hybridized carbons (Fsp3) is 0.100. The first-order chi connectivity index (χ1) is 8.58. The van der Waals surface area contributed by atoms with Gasteiger partial charge in [0, 0.05) is 6.20 Å². The maximum absolute atomic E-state index is 11.6. The van der Waals surface area contributed by atoms with E-state index in [1.54, 1.807) is 12.1 Å². The fourth-order valence-electron chi connectivity index (χ4n) is 1.27. The number of carbonyl (C=O) groups is 1. The van der Waals surface area contributed by atoms with Crippen molar-refractivity contribution in [2.45, 2.75) is 6.92 Å². The van der Waals surface area contributed by atoms with Crippen LogP contribution in [0.1, 0.15) is 16.2 Å². The van der Waals surface area contributed by atoms with E-state index in [0.29, 0.717) is 0 Å². The van der Waals surface area contributed by atoms with Gasteiger partial charge in [-0.1, -0.05) is 10.9 Å². The standard InChI is InChI=1S/C10H8N4O4/c1-7-9(14(16)17)6-13(12-7)18-10(15)8-4-2-3-5-11-8/h2-6H,1H3. The molecule has 0 saturated heterocycles. The molecule has 0 saturated carbocycles. The third-order valence-electron chi connectivity index (χ3n) is 2.10. The number of nitro groups is 1. The second-order valence-corrected chi connectivity index (χ2v) is 3.35. The van der Waals surface area contributed by atoms with Crippen molar-refractivity contribution in [3.8, 4) is 0 Å². The first kappa shape index (κ1) is 11.7. The highest BCUT2D eigenvalue weighted by molar-refractivity contribution is 5.87. The van der Waals surface area contributed by atoms with E-state index >= 15 is 0 Å². The lowest BCUT2D eigenvalue weighted by Gasteiger charge is -2.00. The zero-order valence-corrected chi connectivity index (χ0v) is 9.31. The lowest BCUT2D eigenvalue weighted by Crippen LogP contribution is -2.21. The van der Waals surface area contributed by atoms with Crippen LogP contribution >= 0.6 is 0 Å². The van der Waals surface area contributed by atoms with Crippen molar-refractivity contribution in [2.75, 3.05) is 0 Å². The first-order valence-electron chi connectivity index (χ1n) is 4.92. The summed E-state index contributed by atoms with van der Waals surface area (Å²) in [6.07, 6.45) is 2.46. The predicted octanol–water partition coefficient (Wildman–Crippen LogP) is 0.764. The summed E-state index contributed by atoms with van der Waals surface area (Å²) in [6, 6.07) is 4.74. The van der Waals surface area contributed by atoms with E-state index in [2.05, 4.69) is 10.1 Å². The highest BCUT2D eigenvalue weighted by Gasteiger charge is 2.18. The highest BCUT2D eigenvalue weighted by Crippen LogP contribution is 2.14. The highest BCUT2D eigenvalue weighted by atomic mass is 16.7. The molecular weight excluding hydrogens is 240 g/mol. The third-order valence-corrected chi connectivity index (χ3v) is 2.10. The molecule has 0 atom stereocenters. The van der Waals surface area contributed by atoms with Gasteiger partial charge in [0.05, 0.1) is 4.92 Å². The summed E-state index contributed by atoms with van der Waals surface area (Å²) in [5, 5.41) is 14.3. The van der Waals surface area contributed by atoms with Gasteiger partial charge in [-0.05, 0) is 19.1 Å². The van der Waals surface area contributed by atoms with Crippen molar-refractivity contribution in [2.24, 2.45) is 0 Å². The molecule has 2 rings (SSSR count). The number of nitrogens with zero attached hydrogens (tertiary/aromatic N) is 4. The Morgan fingerprint density at radius 2 is 2.28 bits per heavy atom. The summed E-state index contributed by atoms with van der Waals surface area (Å²) in [5.41, 5.74) is 0.0333. The average molecular weight is 248 g/mol. The van der Waals surface area contributed by atoms with Crippen molar-refractivity contribution in [1.29, 1.82) is 0 Å². The number of rotatable bonds is 3. The lowest BCUT2D eigenvalue weighted by atomic mass is 10.4. The van der Waals surface area contributed by atoms with E-state index in [4.69, 9.17) is 4.84 Å². The summed E-state index contributed by atoms with van der Waals surface area (Å²) in [5.74, 6) is -0.743. The number of aromatic nitrogens is 3. The smallest absolute Gasteiger partial charge is 0.312 e. The van der Waals surface area contributed by atoms with Crippen LogP contribution in [0.3, 0.4) is 0 Å². The molecule has 0 aromatic carbocycles. The maximum atomic E-state index is 11.6. The first-order valence-corrected chi connectivity index (χ1v) is 4.92. The zero-order chi connectivity index (χ0) is 13.1. The number of hydrogen-bond acceptors (Lipinski definition) is 6. The Bertz CT molecular complexity index is 593. The predicted molar refractivity (Wildman–Crippen MR) is 58.8 cm³/mol. The molecular formula is C10H8N4O4. The fourth-order valence-corrected chi connectivity index (χ4v) is 1.27. The van der Waals surface area contributed by atoms with Crippen molar-refractivity contribution in [1.82, 2.24) is 14.9 Å². The minimum Gasteiger partial charge on any atom is -0.312 e. The molecule has 0 bridgehead atoms. The molecule has 18 heavy (non-hydrogen) atoms. The van der Waals surface area contributed by atoms with Gasteiger partial charge in [0.15, 0.2) is 5.69 Å². The zero-order valence-electron chi connectivity index (χ0n) is 9.31. The molecule has 0 unspecified atom stereocenters. The van der Waals surface area contributed by atoms with E-state index in [1.807, 2.05) is 0 Å². The van der Waals surface area contributed by atoms with Crippen LogP contribution in [0, 0.1) is 17.0 Å². The van der Waals surface area contributed by atoms with Crippen LogP contribution < -0.4 is 4.84 Å². The molecule has 2 aromatic rings. The van der Waals surface area contributed by atoms with Gasteiger partial charge in [-0.2, -0.15) is 0 Å². The van der Waals surface area contributed by atoms with Crippen LogP contribution in [0.2, 0.25) is 0 Å². The SMILES string of the molecule is Cc1nn(OC(=O)c2ccccn2)cc1[N+](=O)[O-]. The normalized spacial score (nSPS) is 10.1. The van der Waals surface area contributed by atoms with Crippen molar-refractivity contribution in [3.63, 3.8) is 0 Å². The minimum atomic E-state index is -0.743. The Morgan fingerprint density at radius 1 is 1.50 bits per heavy atom. The van der Waals surface area contributed by atoms with Crippen LogP contribution in [0.25, 0.3) is 0 Å². The number of carbonyl (C=O) groups excluding carboxylic acids is 1. The van der Waals surface area contributed by atoms with Crippen LogP contribution in [-0.2, 0) is 0 Å². The van der Waals surface area contributed by atoms with E-state index in [1.165, 1.54) is 19.2 Å². The number of hydrogen-bond donors (Lipinski definition) is 0. The van der Waals surface area contributed by atoms with Gasteiger partial charge in [0.1, 0.15) is 11.9 Å². The molecule has 0 amide bonds. The van der Waals surface area contributed by atoms with E-state index in [0.717, 1.165) is 11.0 Å². The molecule has 0 N–H and O–H groups in total. The van der Waals surface area contributed by atoms with Gasteiger partial charge in [0.25, 0.3) is 0 Å². The van der Waals surface area contributed by atoms with Crippen molar-refractivity contribution < 1.29 is 14.6 Å². The molecule has 0 spiro atoms. The topological polar surface area (TPSA) is 100 Å². The van der Waals surface area contributed by atoms with Crippen molar-refractivity contribution >= 4 is 11.7 Å². The molecule has 8 heteroatoms. The van der Waals surface area contributed by atoms with Crippen LogP contribution in [0.15, 0.2) is 30.6 Å². The maximum Gasteiger partial charge on any atom is 0.383 e. The van der Waals surface area contributed by atoms with E-state index in [-0.39, 0.29) is 17.1 Å². The molecule has 2 aromatic heterocycles. The molecule has 8 nitrogen and oxygen atoms in total. The van der Waals surface area contributed by atoms with Gasteiger partial charge in [0.2, 0.25) is 0 Å². The second-order valence-electron chi connectivity index (χ2n) is 3.35. The second kappa shape index (κ2) is 4.62. The minimum absolute atomic E-state index is 0.0910. The summed E-state index contributed by atoms with van der Waals surface area (Å²) in [4.78, 5) is 30.9.